The molecule has 0 saturated carbocycles. The summed E-state index contributed by atoms with van der Waals surface area (Å²) in [5.41, 5.74) is 2.18. The molecule has 0 aliphatic carbocycles. The number of methoxy groups -OCH3 is 1. The molecule has 0 aliphatic rings. The zero-order valence-electron chi connectivity index (χ0n) is 12.5. The third kappa shape index (κ3) is 4.20. The van der Waals surface area contributed by atoms with Crippen LogP contribution in [0.4, 0.5) is 11.4 Å². The van der Waals surface area contributed by atoms with E-state index in [9.17, 15) is 9.59 Å². The van der Waals surface area contributed by atoms with Crippen LogP contribution in [-0.4, -0.2) is 25.5 Å². The van der Waals surface area contributed by atoms with Crippen molar-refractivity contribution < 1.29 is 18.7 Å². The molecule has 1 aromatic heterocycles. The first-order chi connectivity index (χ1) is 10.6. The number of furan rings is 1. The Bertz CT molecular complexity index is 650. The number of carbonyl (C=O) groups excluding carboxylic acids is 2. The highest BCUT2D eigenvalue weighted by Crippen LogP contribution is 2.20. The Morgan fingerprint density at radius 1 is 1.23 bits per heavy atom. The van der Waals surface area contributed by atoms with Crippen LogP contribution in [0.1, 0.15) is 22.5 Å². The average molecular weight is 302 g/mol. The lowest BCUT2D eigenvalue weighted by molar-refractivity contribution is -0.117. The molecule has 6 heteroatoms. The molecule has 1 aromatic carbocycles. The molecule has 0 unspecified atom stereocenters. The molecule has 6 nitrogen and oxygen atoms in total. The smallest absolute Gasteiger partial charge is 0.291 e. The van der Waals surface area contributed by atoms with Crippen molar-refractivity contribution >= 4 is 23.2 Å². The van der Waals surface area contributed by atoms with Crippen molar-refractivity contribution in [2.24, 2.45) is 0 Å². The summed E-state index contributed by atoms with van der Waals surface area (Å²) in [6.07, 6.45) is 1.74. The van der Waals surface area contributed by atoms with Gasteiger partial charge in [0.2, 0.25) is 5.91 Å². The Kier molecular flexibility index (Phi) is 5.32. The number of hydrogen-bond donors (Lipinski definition) is 2. The van der Waals surface area contributed by atoms with Crippen molar-refractivity contribution in [2.75, 3.05) is 24.4 Å². The van der Waals surface area contributed by atoms with Crippen molar-refractivity contribution in [2.45, 2.75) is 13.3 Å². The molecule has 22 heavy (non-hydrogen) atoms. The molecule has 1 heterocycles. The maximum atomic E-state index is 11.9. The van der Waals surface area contributed by atoms with Crippen LogP contribution in [0.3, 0.4) is 0 Å². The quantitative estimate of drug-likeness (QED) is 0.859. The van der Waals surface area contributed by atoms with Crippen LogP contribution < -0.4 is 10.6 Å². The molecule has 2 amide bonds. The van der Waals surface area contributed by atoms with E-state index < -0.39 is 0 Å². The number of ether oxygens (including phenoxy) is 1. The third-order valence-corrected chi connectivity index (χ3v) is 3.04. The first-order valence-electron chi connectivity index (χ1n) is 6.84. The van der Waals surface area contributed by atoms with Gasteiger partial charge in [0, 0.05) is 18.5 Å². The molecule has 0 fully saturated rings. The minimum Gasteiger partial charge on any atom is -0.459 e. The van der Waals surface area contributed by atoms with Crippen LogP contribution in [0.25, 0.3) is 0 Å². The van der Waals surface area contributed by atoms with Gasteiger partial charge in [-0.25, -0.2) is 0 Å². The number of carbonyl (C=O) groups is 2. The SMILES string of the molecule is COCCC(=O)Nc1ccc(NC(=O)c2ccco2)c(C)c1. The zero-order valence-corrected chi connectivity index (χ0v) is 12.5. The van der Waals surface area contributed by atoms with E-state index in [0.29, 0.717) is 24.4 Å². The highest BCUT2D eigenvalue weighted by atomic mass is 16.5. The lowest BCUT2D eigenvalue weighted by Gasteiger charge is -2.10. The number of anilines is 2. The topological polar surface area (TPSA) is 80.6 Å². The first-order valence-corrected chi connectivity index (χ1v) is 6.84. The van der Waals surface area contributed by atoms with Gasteiger partial charge < -0.3 is 19.8 Å². The normalized spacial score (nSPS) is 10.3. The number of aryl methyl sites for hydroxylation is 1. The van der Waals surface area contributed by atoms with E-state index in [0.717, 1.165) is 5.56 Å². The van der Waals surface area contributed by atoms with E-state index in [-0.39, 0.29) is 17.6 Å². The Morgan fingerprint density at radius 2 is 2.05 bits per heavy atom. The Labute approximate surface area is 128 Å². The van der Waals surface area contributed by atoms with E-state index in [1.165, 1.54) is 6.26 Å². The van der Waals surface area contributed by atoms with Gasteiger partial charge in [0.05, 0.1) is 19.3 Å². The monoisotopic (exact) mass is 302 g/mol. The third-order valence-electron chi connectivity index (χ3n) is 3.04. The summed E-state index contributed by atoms with van der Waals surface area (Å²) in [5, 5.41) is 5.54. The number of rotatable bonds is 6. The maximum absolute atomic E-state index is 11.9. The summed E-state index contributed by atoms with van der Waals surface area (Å²) in [4.78, 5) is 23.5. The van der Waals surface area contributed by atoms with Gasteiger partial charge in [0.1, 0.15) is 0 Å². The van der Waals surface area contributed by atoms with E-state index in [1.807, 2.05) is 6.92 Å². The van der Waals surface area contributed by atoms with Crippen molar-refractivity contribution in [3.63, 3.8) is 0 Å². The summed E-state index contributed by atoms with van der Waals surface area (Å²) in [6, 6.07) is 8.51. The highest BCUT2D eigenvalue weighted by Gasteiger charge is 2.11. The summed E-state index contributed by atoms with van der Waals surface area (Å²) < 4.78 is 9.90. The average Bonchev–Trinajstić information content (AvgIpc) is 3.02. The lowest BCUT2D eigenvalue weighted by atomic mass is 10.1. The molecule has 116 valence electrons. The number of nitrogens with one attached hydrogen (secondary N) is 2. The number of amides is 2. The van der Waals surface area contributed by atoms with Gasteiger partial charge in [-0.05, 0) is 42.8 Å². The van der Waals surface area contributed by atoms with Crippen LogP contribution in [-0.2, 0) is 9.53 Å². The fraction of sp³-hybridized carbons (Fsp3) is 0.250. The molecular weight excluding hydrogens is 284 g/mol. The molecule has 0 spiro atoms. The summed E-state index contributed by atoms with van der Waals surface area (Å²) in [7, 11) is 1.55. The summed E-state index contributed by atoms with van der Waals surface area (Å²) in [5.74, 6) is -0.185. The zero-order chi connectivity index (χ0) is 15.9. The Hall–Kier alpha value is -2.60. The van der Waals surface area contributed by atoms with Crippen molar-refractivity contribution in [3.8, 4) is 0 Å². The van der Waals surface area contributed by atoms with Crippen LogP contribution in [0.5, 0.6) is 0 Å². The fourth-order valence-corrected chi connectivity index (χ4v) is 1.89. The van der Waals surface area contributed by atoms with Crippen molar-refractivity contribution in [1.29, 1.82) is 0 Å². The summed E-state index contributed by atoms with van der Waals surface area (Å²) in [6.45, 7) is 2.23. The summed E-state index contributed by atoms with van der Waals surface area (Å²) >= 11 is 0. The lowest BCUT2D eigenvalue weighted by Crippen LogP contribution is -2.14. The first kappa shape index (κ1) is 15.8. The van der Waals surface area contributed by atoms with Gasteiger partial charge in [-0.2, -0.15) is 0 Å². The van der Waals surface area contributed by atoms with Crippen LogP contribution >= 0.6 is 0 Å². The number of hydrogen-bond acceptors (Lipinski definition) is 4. The minimum absolute atomic E-state index is 0.117. The fourth-order valence-electron chi connectivity index (χ4n) is 1.89. The number of benzene rings is 1. The second-order valence-electron chi connectivity index (χ2n) is 4.75. The minimum atomic E-state index is -0.315. The standard InChI is InChI=1S/C16H18N2O4/c1-11-10-12(17-15(19)7-9-21-2)5-6-13(11)18-16(20)14-4-3-8-22-14/h3-6,8,10H,7,9H2,1-2H3,(H,17,19)(H,18,20). The van der Waals surface area contributed by atoms with Gasteiger partial charge in [0.15, 0.2) is 5.76 Å². The molecule has 0 radical (unpaired) electrons. The van der Waals surface area contributed by atoms with Gasteiger partial charge in [0.25, 0.3) is 5.91 Å². The molecule has 2 aromatic rings. The molecule has 0 saturated heterocycles. The predicted molar refractivity (Wildman–Crippen MR) is 83.0 cm³/mol. The highest BCUT2D eigenvalue weighted by molar-refractivity contribution is 6.02. The van der Waals surface area contributed by atoms with Gasteiger partial charge in [-0.15, -0.1) is 0 Å². The van der Waals surface area contributed by atoms with Gasteiger partial charge in [-0.3, -0.25) is 9.59 Å². The molecule has 0 aliphatic heterocycles. The second-order valence-corrected chi connectivity index (χ2v) is 4.75. The van der Waals surface area contributed by atoms with E-state index >= 15 is 0 Å². The van der Waals surface area contributed by atoms with Gasteiger partial charge in [-0.1, -0.05) is 0 Å². The van der Waals surface area contributed by atoms with E-state index in [2.05, 4.69) is 10.6 Å². The maximum Gasteiger partial charge on any atom is 0.291 e. The molecule has 0 atom stereocenters. The Morgan fingerprint density at radius 3 is 2.68 bits per heavy atom. The predicted octanol–water partition coefficient (Wildman–Crippen LogP) is 2.82. The van der Waals surface area contributed by atoms with Crippen LogP contribution in [0, 0.1) is 6.92 Å². The van der Waals surface area contributed by atoms with Crippen LogP contribution in [0.2, 0.25) is 0 Å². The molecular formula is C16H18N2O4. The Balaban J connectivity index is 2.00. The molecule has 2 rings (SSSR count). The van der Waals surface area contributed by atoms with E-state index in [4.69, 9.17) is 9.15 Å². The second kappa shape index (κ2) is 7.42. The van der Waals surface area contributed by atoms with Crippen LogP contribution in [0.15, 0.2) is 41.0 Å². The van der Waals surface area contributed by atoms with E-state index in [1.54, 1.807) is 37.4 Å². The van der Waals surface area contributed by atoms with Crippen molar-refractivity contribution in [3.05, 3.63) is 47.9 Å². The molecule has 0 bridgehead atoms. The largest absolute Gasteiger partial charge is 0.459 e. The molecule has 2 N–H and O–H groups in total. The van der Waals surface area contributed by atoms with Gasteiger partial charge >= 0.3 is 0 Å². The van der Waals surface area contributed by atoms with Crippen molar-refractivity contribution in [1.82, 2.24) is 0 Å².